The van der Waals surface area contributed by atoms with Crippen LogP contribution in [0.4, 0.5) is 0 Å². The minimum absolute atomic E-state index is 0.275. The molecule has 0 fully saturated rings. The third-order valence-corrected chi connectivity index (χ3v) is 7.21. The molecule has 170 valence electrons. The van der Waals surface area contributed by atoms with Gasteiger partial charge in [0.25, 0.3) is 5.56 Å². The molecule has 1 unspecified atom stereocenters. The molecule has 0 saturated carbocycles. The van der Waals surface area contributed by atoms with E-state index >= 15 is 0 Å². The van der Waals surface area contributed by atoms with E-state index in [1.165, 1.54) is 15.9 Å². The van der Waals surface area contributed by atoms with E-state index in [0.717, 1.165) is 0 Å². The van der Waals surface area contributed by atoms with Crippen LogP contribution in [-0.4, -0.2) is 16.6 Å². The zero-order chi connectivity index (χ0) is 23.9. The molecule has 1 aliphatic rings. The van der Waals surface area contributed by atoms with Crippen LogP contribution in [0, 0.1) is 0 Å². The number of carbonyl (C=O) groups is 1. The molecule has 0 spiro atoms. The molecule has 1 aromatic heterocycles. The zero-order valence-electron chi connectivity index (χ0n) is 17.9. The second-order valence-corrected chi connectivity index (χ2v) is 9.90. The van der Waals surface area contributed by atoms with Gasteiger partial charge in [-0.2, -0.15) is 0 Å². The van der Waals surface area contributed by atoms with E-state index in [1.807, 2.05) is 6.07 Å². The number of hydrogen-bond donors (Lipinski definition) is 0. The Kier molecular flexibility index (Phi) is 6.82. The minimum atomic E-state index is -0.779. The zero-order valence-corrected chi connectivity index (χ0v) is 21.0. The summed E-state index contributed by atoms with van der Waals surface area (Å²) in [6.07, 6.45) is 1.34. The van der Waals surface area contributed by atoms with Crippen molar-refractivity contribution in [3.8, 4) is 0 Å². The van der Waals surface area contributed by atoms with Gasteiger partial charge in [0.2, 0.25) is 0 Å². The highest BCUT2D eigenvalue weighted by Gasteiger charge is 2.34. The van der Waals surface area contributed by atoms with Crippen LogP contribution in [0.15, 0.2) is 63.5 Å². The van der Waals surface area contributed by atoms with Gasteiger partial charge in [-0.25, -0.2) is 9.79 Å². The van der Waals surface area contributed by atoms with Crippen molar-refractivity contribution in [1.82, 2.24) is 4.57 Å². The lowest BCUT2D eigenvalue weighted by Crippen LogP contribution is -2.40. The molecule has 0 radical (unpaired) electrons. The topological polar surface area (TPSA) is 60.7 Å². The molecule has 5 nitrogen and oxygen atoms in total. The fourth-order valence-electron chi connectivity index (χ4n) is 3.62. The van der Waals surface area contributed by atoms with Crippen molar-refractivity contribution >= 4 is 58.2 Å². The van der Waals surface area contributed by atoms with Crippen LogP contribution < -0.4 is 14.9 Å². The van der Waals surface area contributed by atoms with Crippen LogP contribution in [0.2, 0.25) is 15.1 Å². The standard InChI is InChI=1S/C24H19Cl3N2O3S/c1-12(2)32-23(31)19-13(3)28-24-29(21(19)15-8-4-5-9-16(15)25)22(30)18(33-24)11-14-7-6-10-17(26)20(14)27/h4-12,21H,1-3H3. The van der Waals surface area contributed by atoms with Crippen molar-refractivity contribution in [2.75, 3.05) is 0 Å². The first-order chi connectivity index (χ1) is 15.7. The number of carbonyl (C=O) groups excluding carboxylic acids is 1. The number of fused-ring (bicyclic) bond motifs is 1. The summed E-state index contributed by atoms with van der Waals surface area (Å²) in [6.45, 7) is 5.26. The van der Waals surface area contributed by atoms with Gasteiger partial charge in [-0.15, -0.1) is 0 Å². The largest absolute Gasteiger partial charge is 0.459 e. The van der Waals surface area contributed by atoms with E-state index in [-0.39, 0.29) is 17.2 Å². The molecule has 4 rings (SSSR count). The van der Waals surface area contributed by atoms with Crippen molar-refractivity contribution in [3.63, 3.8) is 0 Å². The van der Waals surface area contributed by atoms with E-state index in [0.29, 0.717) is 41.2 Å². The average molecular weight is 522 g/mol. The second-order valence-electron chi connectivity index (χ2n) is 7.70. The molecule has 0 bridgehead atoms. The highest BCUT2D eigenvalue weighted by Crippen LogP contribution is 2.34. The Balaban J connectivity index is 1.99. The van der Waals surface area contributed by atoms with E-state index in [9.17, 15) is 9.59 Å². The van der Waals surface area contributed by atoms with Gasteiger partial charge >= 0.3 is 5.97 Å². The molecule has 0 aliphatic carbocycles. The molecular formula is C24H19Cl3N2O3S. The minimum Gasteiger partial charge on any atom is -0.459 e. The Morgan fingerprint density at radius 2 is 1.82 bits per heavy atom. The molecular weight excluding hydrogens is 503 g/mol. The van der Waals surface area contributed by atoms with Gasteiger partial charge in [0.1, 0.15) is 6.04 Å². The first-order valence-corrected chi connectivity index (χ1v) is 12.1. The highest BCUT2D eigenvalue weighted by molar-refractivity contribution is 7.07. The maximum atomic E-state index is 13.6. The number of ether oxygens (including phenoxy) is 1. The summed E-state index contributed by atoms with van der Waals surface area (Å²) in [5.74, 6) is -0.539. The number of halogens is 3. The molecule has 3 aromatic rings. The second kappa shape index (κ2) is 9.47. The molecule has 33 heavy (non-hydrogen) atoms. The number of allylic oxidation sites excluding steroid dienone is 1. The lowest BCUT2D eigenvalue weighted by atomic mass is 9.96. The predicted molar refractivity (Wildman–Crippen MR) is 133 cm³/mol. The van der Waals surface area contributed by atoms with Crippen LogP contribution >= 0.6 is 46.1 Å². The number of benzene rings is 2. The van der Waals surface area contributed by atoms with Gasteiger partial charge < -0.3 is 4.74 Å². The van der Waals surface area contributed by atoms with Gasteiger partial charge in [-0.3, -0.25) is 9.36 Å². The van der Waals surface area contributed by atoms with Crippen molar-refractivity contribution in [3.05, 3.63) is 99.6 Å². The lowest BCUT2D eigenvalue weighted by molar-refractivity contribution is -0.143. The number of aromatic nitrogens is 1. The number of thiazole rings is 1. The van der Waals surface area contributed by atoms with E-state index in [2.05, 4.69) is 4.99 Å². The Hall–Kier alpha value is -2.38. The van der Waals surface area contributed by atoms with Gasteiger partial charge in [0.05, 0.1) is 32.0 Å². The third kappa shape index (κ3) is 4.53. The molecule has 2 aromatic carbocycles. The van der Waals surface area contributed by atoms with E-state index in [4.69, 9.17) is 39.5 Å². The number of hydrogen-bond acceptors (Lipinski definition) is 5. The number of rotatable bonds is 4. The van der Waals surface area contributed by atoms with Gasteiger partial charge in [0, 0.05) is 5.02 Å². The Labute approximate surface area is 209 Å². The number of esters is 1. The van der Waals surface area contributed by atoms with Crippen LogP contribution in [0.5, 0.6) is 0 Å². The first-order valence-electron chi connectivity index (χ1n) is 10.1. The summed E-state index contributed by atoms with van der Waals surface area (Å²) in [6, 6.07) is 11.5. The van der Waals surface area contributed by atoms with Crippen LogP contribution in [0.25, 0.3) is 6.08 Å². The Bertz CT molecular complexity index is 1470. The molecule has 0 saturated heterocycles. The Morgan fingerprint density at radius 3 is 2.52 bits per heavy atom. The summed E-state index contributed by atoms with van der Waals surface area (Å²) in [5, 5.41) is 1.17. The number of nitrogens with zero attached hydrogens (tertiary/aromatic N) is 2. The van der Waals surface area contributed by atoms with Crippen LogP contribution in [0.1, 0.15) is 37.9 Å². The van der Waals surface area contributed by atoms with Crippen molar-refractivity contribution in [2.45, 2.75) is 32.9 Å². The van der Waals surface area contributed by atoms with Crippen LogP contribution in [-0.2, 0) is 9.53 Å². The summed E-state index contributed by atoms with van der Waals surface area (Å²) >= 11 is 20.2. The molecule has 0 amide bonds. The summed E-state index contributed by atoms with van der Waals surface area (Å²) in [7, 11) is 0. The molecule has 1 aliphatic heterocycles. The van der Waals surface area contributed by atoms with Crippen molar-refractivity contribution < 1.29 is 9.53 Å². The Morgan fingerprint density at radius 1 is 1.12 bits per heavy atom. The third-order valence-electron chi connectivity index (χ3n) is 5.05. The van der Waals surface area contributed by atoms with Gasteiger partial charge in [-0.05, 0) is 50.1 Å². The fourth-order valence-corrected chi connectivity index (χ4v) is 5.26. The first kappa shape index (κ1) is 23.8. The molecule has 9 heteroatoms. The maximum absolute atomic E-state index is 13.6. The van der Waals surface area contributed by atoms with E-state index in [1.54, 1.807) is 63.2 Å². The normalized spacial score (nSPS) is 16.1. The average Bonchev–Trinajstić information content (AvgIpc) is 3.05. The summed E-state index contributed by atoms with van der Waals surface area (Å²) in [5.41, 5.74) is 1.65. The highest BCUT2D eigenvalue weighted by atomic mass is 35.5. The summed E-state index contributed by atoms with van der Waals surface area (Å²) in [4.78, 5) is 31.7. The van der Waals surface area contributed by atoms with Gasteiger partial charge in [-0.1, -0.05) is 76.5 Å². The van der Waals surface area contributed by atoms with E-state index < -0.39 is 12.0 Å². The maximum Gasteiger partial charge on any atom is 0.338 e. The quantitative estimate of drug-likeness (QED) is 0.446. The SMILES string of the molecule is CC1=C(C(=O)OC(C)C)C(c2ccccc2Cl)n2c(sc(=Cc3cccc(Cl)c3Cl)c2=O)=N1. The fraction of sp³-hybridized carbons (Fsp3) is 0.208. The molecule has 0 N–H and O–H groups in total. The van der Waals surface area contributed by atoms with Crippen molar-refractivity contribution in [2.24, 2.45) is 4.99 Å². The predicted octanol–water partition coefficient (Wildman–Crippen LogP) is 5.15. The molecule has 1 atom stereocenters. The smallest absolute Gasteiger partial charge is 0.338 e. The monoisotopic (exact) mass is 520 g/mol. The van der Waals surface area contributed by atoms with Gasteiger partial charge in [0.15, 0.2) is 4.80 Å². The van der Waals surface area contributed by atoms with Crippen molar-refractivity contribution in [1.29, 1.82) is 0 Å². The van der Waals surface area contributed by atoms with Crippen LogP contribution in [0.3, 0.4) is 0 Å². The summed E-state index contributed by atoms with van der Waals surface area (Å²) < 4.78 is 7.38. The lowest BCUT2D eigenvalue weighted by Gasteiger charge is -2.26. The molecule has 2 heterocycles.